The van der Waals surface area contributed by atoms with Crippen LogP contribution in [-0.4, -0.2) is 15.9 Å². The van der Waals surface area contributed by atoms with E-state index in [9.17, 15) is 4.79 Å². The third kappa shape index (κ3) is 4.16. The van der Waals surface area contributed by atoms with E-state index in [0.717, 1.165) is 11.1 Å². The molecular formula is C14H14ClN5O. The van der Waals surface area contributed by atoms with Crippen molar-refractivity contribution < 1.29 is 4.79 Å². The molecule has 1 amide bonds. The van der Waals surface area contributed by atoms with Crippen LogP contribution in [0, 0.1) is 18.3 Å². The minimum Gasteiger partial charge on any atom is -0.384 e. The lowest BCUT2D eigenvalue weighted by atomic mass is 10.1. The van der Waals surface area contributed by atoms with Crippen LogP contribution in [0.3, 0.4) is 0 Å². The summed E-state index contributed by atoms with van der Waals surface area (Å²) in [5, 5.41) is 11.6. The fourth-order valence-electron chi connectivity index (χ4n) is 1.73. The smallest absolute Gasteiger partial charge is 0.270 e. The minimum absolute atomic E-state index is 0. The van der Waals surface area contributed by atoms with Gasteiger partial charge in [-0.15, -0.1) is 12.4 Å². The number of aryl methyl sites for hydroxylation is 1. The van der Waals surface area contributed by atoms with Crippen LogP contribution < -0.4 is 11.1 Å². The average Bonchev–Trinajstić information content (AvgIpc) is 2.45. The number of benzene rings is 1. The fraction of sp³-hybridized carbons (Fsp3) is 0.143. The number of halogens is 1. The van der Waals surface area contributed by atoms with E-state index in [2.05, 4.69) is 21.4 Å². The molecule has 0 aliphatic heterocycles. The number of carbonyl (C=O) groups is 1. The molecule has 1 aromatic heterocycles. The molecule has 0 saturated carbocycles. The second kappa shape index (κ2) is 7.22. The first-order valence-electron chi connectivity index (χ1n) is 5.95. The summed E-state index contributed by atoms with van der Waals surface area (Å²) in [6, 6.07) is 8.93. The van der Waals surface area contributed by atoms with Gasteiger partial charge in [-0.1, -0.05) is 12.1 Å². The number of hydrogen-bond donors (Lipinski definition) is 2. The molecule has 21 heavy (non-hydrogen) atoms. The van der Waals surface area contributed by atoms with Crippen LogP contribution in [-0.2, 0) is 6.54 Å². The van der Waals surface area contributed by atoms with Gasteiger partial charge in [-0.25, -0.2) is 9.97 Å². The molecule has 0 saturated heterocycles. The van der Waals surface area contributed by atoms with Gasteiger partial charge in [-0.3, -0.25) is 4.79 Å². The molecule has 1 aromatic carbocycles. The second-order valence-corrected chi connectivity index (χ2v) is 4.27. The Hall–Kier alpha value is -2.65. The number of nitrogens with one attached hydrogen (secondary N) is 1. The van der Waals surface area contributed by atoms with Gasteiger partial charge in [0.15, 0.2) is 0 Å². The number of rotatable bonds is 3. The van der Waals surface area contributed by atoms with E-state index < -0.39 is 0 Å². The number of nitrogens with two attached hydrogens (primary N) is 1. The highest BCUT2D eigenvalue weighted by Gasteiger charge is 2.08. The normalized spacial score (nSPS) is 9.33. The van der Waals surface area contributed by atoms with Gasteiger partial charge >= 0.3 is 0 Å². The van der Waals surface area contributed by atoms with Crippen LogP contribution in [0.5, 0.6) is 0 Å². The zero-order valence-corrected chi connectivity index (χ0v) is 12.1. The molecular weight excluding hydrogens is 290 g/mol. The zero-order chi connectivity index (χ0) is 14.5. The van der Waals surface area contributed by atoms with Crippen molar-refractivity contribution in [1.29, 1.82) is 5.26 Å². The lowest BCUT2D eigenvalue weighted by Crippen LogP contribution is -2.24. The molecule has 7 heteroatoms. The van der Waals surface area contributed by atoms with Crippen LogP contribution in [0.25, 0.3) is 0 Å². The van der Waals surface area contributed by atoms with Crippen LogP contribution in [0.4, 0.5) is 5.82 Å². The molecule has 0 aliphatic carbocycles. The molecule has 108 valence electrons. The Morgan fingerprint density at radius 3 is 2.76 bits per heavy atom. The number of hydrogen-bond acceptors (Lipinski definition) is 5. The molecule has 0 unspecified atom stereocenters. The number of aromatic nitrogens is 2. The van der Waals surface area contributed by atoms with Crippen molar-refractivity contribution in [3.8, 4) is 6.07 Å². The number of nitrogens with zero attached hydrogens (tertiary/aromatic N) is 3. The van der Waals surface area contributed by atoms with Crippen LogP contribution in [0.2, 0.25) is 0 Å². The Morgan fingerprint density at radius 2 is 2.14 bits per heavy atom. The molecule has 2 aromatic rings. The van der Waals surface area contributed by atoms with Crippen molar-refractivity contribution in [3.05, 3.63) is 53.0 Å². The van der Waals surface area contributed by atoms with Crippen molar-refractivity contribution >= 4 is 24.1 Å². The Kier molecular flexibility index (Phi) is 5.64. The Bertz CT molecular complexity index is 696. The number of carbonyl (C=O) groups excluding carboxylic acids is 1. The summed E-state index contributed by atoms with van der Waals surface area (Å²) in [5.74, 6) is -0.0690. The highest BCUT2D eigenvalue weighted by atomic mass is 35.5. The molecule has 2 rings (SSSR count). The van der Waals surface area contributed by atoms with E-state index in [0.29, 0.717) is 12.1 Å². The minimum atomic E-state index is -0.318. The maximum absolute atomic E-state index is 11.9. The van der Waals surface area contributed by atoms with Crippen molar-refractivity contribution in [2.75, 3.05) is 5.73 Å². The van der Waals surface area contributed by atoms with Crippen molar-refractivity contribution in [2.24, 2.45) is 0 Å². The summed E-state index contributed by atoms with van der Waals surface area (Å²) in [6.07, 6.45) is 1.25. The molecule has 0 fully saturated rings. The number of nitriles is 1. The molecule has 0 atom stereocenters. The van der Waals surface area contributed by atoms with E-state index in [1.807, 2.05) is 13.0 Å². The first-order valence-corrected chi connectivity index (χ1v) is 5.95. The van der Waals surface area contributed by atoms with Crippen molar-refractivity contribution in [3.63, 3.8) is 0 Å². The second-order valence-electron chi connectivity index (χ2n) is 4.27. The maximum atomic E-state index is 11.9. The summed E-state index contributed by atoms with van der Waals surface area (Å²) in [4.78, 5) is 19.4. The molecule has 0 bridgehead atoms. The molecule has 0 radical (unpaired) electrons. The molecule has 6 nitrogen and oxygen atoms in total. The van der Waals surface area contributed by atoms with Crippen LogP contribution in [0.1, 0.15) is 27.2 Å². The van der Waals surface area contributed by atoms with Crippen molar-refractivity contribution in [1.82, 2.24) is 15.3 Å². The van der Waals surface area contributed by atoms with E-state index in [-0.39, 0.29) is 29.8 Å². The lowest BCUT2D eigenvalue weighted by molar-refractivity contribution is 0.0946. The van der Waals surface area contributed by atoms with Gasteiger partial charge in [0.25, 0.3) is 5.91 Å². The van der Waals surface area contributed by atoms with Gasteiger partial charge in [0, 0.05) is 12.6 Å². The quantitative estimate of drug-likeness (QED) is 0.896. The predicted molar refractivity (Wildman–Crippen MR) is 80.8 cm³/mol. The van der Waals surface area contributed by atoms with E-state index >= 15 is 0 Å². The van der Waals surface area contributed by atoms with Gasteiger partial charge in [-0.2, -0.15) is 5.26 Å². The fourth-order valence-corrected chi connectivity index (χ4v) is 1.73. The standard InChI is InChI=1S/C14H13N5O.ClH/c1-9-4-10(2-3-11(9)6-15)7-17-14(20)12-5-13(16)19-8-18-12;/h2-5,8H,7H2,1H3,(H,17,20)(H2,16,18,19);1H. The maximum Gasteiger partial charge on any atom is 0.270 e. The largest absolute Gasteiger partial charge is 0.384 e. The van der Waals surface area contributed by atoms with Crippen LogP contribution >= 0.6 is 12.4 Å². The molecule has 1 heterocycles. The summed E-state index contributed by atoms with van der Waals surface area (Å²) >= 11 is 0. The molecule has 0 spiro atoms. The predicted octanol–water partition coefficient (Wildman–Crippen LogP) is 1.59. The molecule has 0 aliphatic rings. The third-order valence-corrected chi connectivity index (χ3v) is 2.79. The number of anilines is 1. The zero-order valence-electron chi connectivity index (χ0n) is 11.3. The molecule has 3 N–H and O–H groups in total. The highest BCUT2D eigenvalue weighted by Crippen LogP contribution is 2.10. The van der Waals surface area contributed by atoms with E-state index in [4.69, 9.17) is 11.0 Å². The average molecular weight is 304 g/mol. The Morgan fingerprint density at radius 1 is 1.38 bits per heavy atom. The van der Waals surface area contributed by atoms with Gasteiger partial charge in [0.1, 0.15) is 17.8 Å². The van der Waals surface area contributed by atoms with Crippen LogP contribution in [0.15, 0.2) is 30.6 Å². The summed E-state index contributed by atoms with van der Waals surface area (Å²) in [5.41, 5.74) is 8.14. The van der Waals surface area contributed by atoms with Gasteiger partial charge in [0.2, 0.25) is 0 Å². The van der Waals surface area contributed by atoms with E-state index in [1.165, 1.54) is 12.4 Å². The summed E-state index contributed by atoms with van der Waals surface area (Å²) < 4.78 is 0. The monoisotopic (exact) mass is 303 g/mol. The van der Waals surface area contributed by atoms with E-state index in [1.54, 1.807) is 12.1 Å². The highest BCUT2D eigenvalue weighted by molar-refractivity contribution is 5.92. The SMILES string of the molecule is Cc1cc(CNC(=O)c2cc(N)ncn2)ccc1C#N.Cl. The Balaban J connectivity index is 0.00000220. The first kappa shape index (κ1) is 16.4. The number of nitrogen functional groups attached to an aromatic ring is 1. The third-order valence-electron chi connectivity index (χ3n) is 2.79. The topological polar surface area (TPSA) is 105 Å². The van der Waals surface area contributed by atoms with Gasteiger partial charge in [-0.05, 0) is 24.1 Å². The first-order chi connectivity index (χ1) is 9.60. The van der Waals surface area contributed by atoms with Crippen molar-refractivity contribution in [2.45, 2.75) is 13.5 Å². The van der Waals surface area contributed by atoms with Gasteiger partial charge < -0.3 is 11.1 Å². The Labute approximate surface area is 128 Å². The number of amides is 1. The lowest BCUT2D eigenvalue weighted by Gasteiger charge is -2.06. The summed E-state index contributed by atoms with van der Waals surface area (Å²) in [7, 11) is 0. The van der Waals surface area contributed by atoms with Gasteiger partial charge in [0.05, 0.1) is 11.6 Å². The summed E-state index contributed by atoms with van der Waals surface area (Å²) in [6.45, 7) is 2.21.